The number of amides is 1. The van der Waals surface area contributed by atoms with Gasteiger partial charge in [-0.05, 0) is 57.5 Å². The van der Waals surface area contributed by atoms with E-state index in [2.05, 4.69) is 41.4 Å². The third kappa shape index (κ3) is 4.95. The van der Waals surface area contributed by atoms with Crippen LogP contribution in [0, 0.1) is 13.8 Å². The summed E-state index contributed by atoms with van der Waals surface area (Å²) in [6.07, 6.45) is 5.11. The van der Waals surface area contributed by atoms with Crippen LogP contribution in [0.25, 0.3) is 0 Å². The number of hydrogen-bond acceptors (Lipinski definition) is 2. The van der Waals surface area contributed by atoms with Gasteiger partial charge in [-0.15, -0.1) is 0 Å². The molecule has 1 saturated heterocycles. The number of rotatable bonds is 5. The summed E-state index contributed by atoms with van der Waals surface area (Å²) in [7, 11) is 0. The van der Waals surface area contributed by atoms with Crippen molar-refractivity contribution in [1.82, 2.24) is 10.2 Å². The van der Waals surface area contributed by atoms with E-state index in [4.69, 9.17) is 0 Å². The average molecular weight is 351 g/mol. The SMILES string of the molecule is Cc1ccc([C@@H](CNC(=O)c2cccc(C)c2)N2CCCCCC2)cc1. The molecule has 1 atom stereocenters. The van der Waals surface area contributed by atoms with Crippen LogP contribution in [0.3, 0.4) is 0 Å². The molecular formula is C23H30N2O. The Morgan fingerprint density at radius 3 is 2.31 bits per heavy atom. The molecule has 1 fully saturated rings. The van der Waals surface area contributed by atoms with Crippen molar-refractivity contribution in [2.24, 2.45) is 0 Å². The molecule has 0 radical (unpaired) electrons. The molecule has 1 aliphatic rings. The summed E-state index contributed by atoms with van der Waals surface area (Å²) < 4.78 is 0. The number of benzene rings is 2. The van der Waals surface area contributed by atoms with Crippen molar-refractivity contribution < 1.29 is 4.79 Å². The fourth-order valence-corrected chi connectivity index (χ4v) is 3.73. The fraction of sp³-hybridized carbons (Fsp3) is 0.435. The number of nitrogens with zero attached hydrogens (tertiary/aromatic N) is 1. The normalized spacial score (nSPS) is 16.7. The minimum atomic E-state index is 0.0145. The second-order valence-electron chi connectivity index (χ2n) is 7.46. The molecule has 3 nitrogen and oxygen atoms in total. The largest absolute Gasteiger partial charge is 0.350 e. The summed E-state index contributed by atoms with van der Waals surface area (Å²) in [6, 6.07) is 16.8. The molecule has 0 spiro atoms. The smallest absolute Gasteiger partial charge is 0.251 e. The number of carbonyl (C=O) groups excluding carboxylic acids is 1. The van der Waals surface area contributed by atoms with Crippen LogP contribution >= 0.6 is 0 Å². The van der Waals surface area contributed by atoms with Crippen LogP contribution in [0.2, 0.25) is 0 Å². The third-order valence-corrected chi connectivity index (χ3v) is 5.28. The zero-order chi connectivity index (χ0) is 18.4. The highest BCUT2D eigenvalue weighted by molar-refractivity contribution is 5.94. The fourth-order valence-electron chi connectivity index (χ4n) is 3.73. The van der Waals surface area contributed by atoms with E-state index in [1.165, 1.54) is 36.8 Å². The Morgan fingerprint density at radius 1 is 0.962 bits per heavy atom. The Labute approximate surface area is 157 Å². The quantitative estimate of drug-likeness (QED) is 0.851. The number of carbonyl (C=O) groups is 1. The second-order valence-corrected chi connectivity index (χ2v) is 7.46. The first-order valence-corrected chi connectivity index (χ1v) is 9.79. The van der Waals surface area contributed by atoms with E-state index in [-0.39, 0.29) is 11.9 Å². The number of likely N-dealkylation sites (tertiary alicyclic amines) is 1. The zero-order valence-corrected chi connectivity index (χ0v) is 16.0. The summed E-state index contributed by atoms with van der Waals surface area (Å²) in [5.41, 5.74) is 4.41. The molecule has 0 saturated carbocycles. The van der Waals surface area contributed by atoms with Gasteiger partial charge in [0.15, 0.2) is 0 Å². The van der Waals surface area contributed by atoms with E-state index in [1.54, 1.807) is 0 Å². The lowest BCUT2D eigenvalue weighted by Gasteiger charge is -2.31. The van der Waals surface area contributed by atoms with Gasteiger partial charge in [0, 0.05) is 12.1 Å². The Bertz CT molecular complexity index is 715. The third-order valence-electron chi connectivity index (χ3n) is 5.28. The van der Waals surface area contributed by atoms with E-state index in [9.17, 15) is 4.79 Å². The van der Waals surface area contributed by atoms with Gasteiger partial charge in [0.2, 0.25) is 0 Å². The molecule has 2 aromatic carbocycles. The summed E-state index contributed by atoms with van der Waals surface area (Å²) in [5, 5.41) is 3.18. The zero-order valence-electron chi connectivity index (χ0n) is 16.0. The molecule has 1 heterocycles. The van der Waals surface area contributed by atoms with Crippen LogP contribution in [0.15, 0.2) is 48.5 Å². The topological polar surface area (TPSA) is 32.3 Å². The number of nitrogens with one attached hydrogen (secondary N) is 1. The second kappa shape index (κ2) is 9.00. The molecule has 0 aromatic heterocycles. The van der Waals surface area contributed by atoms with Crippen molar-refractivity contribution in [2.45, 2.75) is 45.6 Å². The summed E-state index contributed by atoms with van der Waals surface area (Å²) >= 11 is 0. The molecule has 3 heteroatoms. The van der Waals surface area contributed by atoms with Gasteiger partial charge in [0.05, 0.1) is 6.04 Å². The maximum atomic E-state index is 12.6. The highest BCUT2D eigenvalue weighted by atomic mass is 16.1. The maximum Gasteiger partial charge on any atom is 0.251 e. The van der Waals surface area contributed by atoms with Gasteiger partial charge in [-0.3, -0.25) is 9.69 Å². The van der Waals surface area contributed by atoms with Crippen LogP contribution in [0.1, 0.15) is 58.8 Å². The lowest BCUT2D eigenvalue weighted by atomic mass is 10.0. The maximum absolute atomic E-state index is 12.6. The lowest BCUT2D eigenvalue weighted by molar-refractivity contribution is 0.0933. The highest BCUT2D eigenvalue weighted by Gasteiger charge is 2.22. The Balaban J connectivity index is 1.74. The monoisotopic (exact) mass is 350 g/mol. The molecule has 0 unspecified atom stereocenters. The number of aryl methyl sites for hydroxylation is 2. The van der Waals surface area contributed by atoms with E-state index < -0.39 is 0 Å². The molecule has 1 N–H and O–H groups in total. The van der Waals surface area contributed by atoms with E-state index in [0.717, 1.165) is 24.2 Å². The Kier molecular flexibility index (Phi) is 6.45. The van der Waals surface area contributed by atoms with Crippen molar-refractivity contribution in [3.8, 4) is 0 Å². The van der Waals surface area contributed by atoms with E-state index in [1.807, 2.05) is 31.2 Å². The van der Waals surface area contributed by atoms with Crippen LogP contribution in [0.4, 0.5) is 0 Å². The molecular weight excluding hydrogens is 320 g/mol. The van der Waals surface area contributed by atoms with Crippen LogP contribution in [0.5, 0.6) is 0 Å². The molecule has 1 aliphatic heterocycles. The van der Waals surface area contributed by atoms with Gasteiger partial charge < -0.3 is 5.32 Å². The minimum Gasteiger partial charge on any atom is -0.350 e. The van der Waals surface area contributed by atoms with Crippen LogP contribution in [-0.4, -0.2) is 30.4 Å². The van der Waals surface area contributed by atoms with E-state index >= 15 is 0 Å². The predicted octanol–water partition coefficient (Wildman–Crippen LogP) is 4.65. The molecule has 0 aliphatic carbocycles. The standard InChI is InChI=1S/C23H30N2O/c1-18-10-12-20(13-11-18)22(25-14-5-3-4-6-15-25)17-24-23(26)21-9-7-8-19(2)16-21/h7-13,16,22H,3-6,14-15,17H2,1-2H3,(H,24,26)/t22-/m1/s1. The summed E-state index contributed by atoms with van der Waals surface area (Å²) in [5.74, 6) is 0.0145. The Morgan fingerprint density at radius 2 is 1.65 bits per heavy atom. The molecule has 1 amide bonds. The van der Waals surface area contributed by atoms with Crippen molar-refractivity contribution in [3.05, 3.63) is 70.8 Å². The van der Waals surface area contributed by atoms with Gasteiger partial charge in [0.25, 0.3) is 5.91 Å². The van der Waals surface area contributed by atoms with Gasteiger partial charge in [-0.2, -0.15) is 0 Å². The Hall–Kier alpha value is -2.13. The van der Waals surface area contributed by atoms with Gasteiger partial charge >= 0.3 is 0 Å². The number of hydrogen-bond donors (Lipinski definition) is 1. The van der Waals surface area contributed by atoms with Crippen molar-refractivity contribution in [1.29, 1.82) is 0 Å². The van der Waals surface area contributed by atoms with Crippen molar-refractivity contribution >= 4 is 5.91 Å². The van der Waals surface area contributed by atoms with Gasteiger partial charge in [0.1, 0.15) is 0 Å². The van der Waals surface area contributed by atoms with Crippen LogP contribution < -0.4 is 5.32 Å². The lowest BCUT2D eigenvalue weighted by Crippen LogP contribution is -2.38. The molecule has 3 rings (SSSR count). The van der Waals surface area contributed by atoms with E-state index in [0.29, 0.717) is 6.54 Å². The van der Waals surface area contributed by atoms with Gasteiger partial charge in [-0.25, -0.2) is 0 Å². The first-order chi connectivity index (χ1) is 12.6. The molecule has 0 bridgehead atoms. The summed E-state index contributed by atoms with van der Waals surface area (Å²) in [4.78, 5) is 15.2. The first-order valence-electron chi connectivity index (χ1n) is 9.79. The molecule has 138 valence electrons. The van der Waals surface area contributed by atoms with Gasteiger partial charge in [-0.1, -0.05) is 60.4 Å². The summed E-state index contributed by atoms with van der Waals surface area (Å²) in [6.45, 7) is 7.00. The average Bonchev–Trinajstić information content (AvgIpc) is 2.92. The minimum absolute atomic E-state index is 0.0145. The highest BCUT2D eigenvalue weighted by Crippen LogP contribution is 2.24. The molecule has 2 aromatic rings. The van der Waals surface area contributed by atoms with Crippen molar-refractivity contribution in [3.63, 3.8) is 0 Å². The van der Waals surface area contributed by atoms with Crippen LogP contribution in [-0.2, 0) is 0 Å². The van der Waals surface area contributed by atoms with Crippen molar-refractivity contribution in [2.75, 3.05) is 19.6 Å². The molecule has 26 heavy (non-hydrogen) atoms. The predicted molar refractivity (Wildman–Crippen MR) is 107 cm³/mol. The first kappa shape index (κ1) is 18.7.